The van der Waals surface area contributed by atoms with E-state index < -0.39 is 5.92 Å². The van der Waals surface area contributed by atoms with Crippen molar-refractivity contribution >= 4 is 23.5 Å². The molecular formula is C24H20FN3O4S. The Balaban J connectivity index is 1.63. The molecule has 4 rings (SSSR count). The molecule has 0 saturated heterocycles. The Morgan fingerprint density at radius 3 is 2.73 bits per heavy atom. The molecule has 0 unspecified atom stereocenters. The number of amides is 1. The number of thioether (sulfide) groups is 1. The highest BCUT2D eigenvalue weighted by Crippen LogP contribution is 2.38. The lowest BCUT2D eigenvalue weighted by Crippen LogP contribution is -2.31. The van der Waals surface area contributed by atoms with Gasteiger partial charge in [-0.2, -0.15) is 0 Å². The SMILES string of the molecule is C#CCOc1ccc([C@@H]2CC(=O)Nc3nc(SCc4ccc(F)cc4)[nH]c(=O)c32)cc1OC. The number of H-pyrrole nitrogens is 1. The lowest BCUT2D eigenvalue weighted by atomic mass is 9.86. The first-order valence-corrected chi connectivity index (χ1v) is 11.0. The maximum atomic E-state index is 13.1. The molecule has 9 heteroatoms. The first-order valence-electron chi connectivity index (χ1n) is 10.0. The molecular weight excluding hydrogens is 445 g/mol. The third-order valence-corrected chi connectivity index (χ3v) is 6.06. The number of carbonyl (C=O) groups is 1. The van der Waals surface area contributed by atoms with Crippen LogP contribution in [0.2, 0.25) is 0 Å². The summed E-state index contributed by atoms with van der Waals surface area (Å²) in [4.78, 5) is 32.7. The van der Waals surface area contributed by atoms with Crippen LogP contribution in [0.15, 0.2) is 52.4 Å². The number of nitrogens with zero attached hydrogens (tertiary/aromatic N) is 1. The fraction of sp³-hybridized carbons (Fsp3) is 0.208. The predicted molar refractivity (Wildman–Crippen MR) is 123 cm³/mol. The number of hydrogen-bond donors (Lipinski definition) is 2. The number of carbonyl (C=O) groups excluding carboxylic acids is 1. The number of terminal acetylenes is 1. The van der Waals surface area contributed by atoms with Gasteiger partial charge in [-0.3, -0.25) is 9.59 Å². The summed E-state index contributed by atoms with van der Waals surface area (Å²) in [6.45, 7) is 0.0896. The average Bonchev–Trinajstić information content (AvgIpc) is 2.81. The Bertz CT molecular complexity index is 1280. The second-order valence-corrected chi connectivity index (χ2v) is 8.22. The molecule has 0 saturated carbocycles. The summed E-state index contributed by atoms with van der Waals surface area (Å²) in [7, 11) is 1.50. The van der Waals surface area contributed by atoms with Crippen LogP contribution >= 0.6 is 11.8 Å². The van der Waals surface area contributed by atoms with Crippen molar-refractivity contribution in [3.63, 3.8) is 0 Å². The normalized spacial score (nSPS) is 14.7. The van der Waals surface area contributed by atoms with Gasteiger partial charge >= 0.3 is 0 Å². The van der Waals surface area contributed by atoms with Gasteiger partial charge < -0.3 is 19.8 Å². The highest BCUT2D eigenvalue weighted by molar-refractivity contribution is 7.98. The van der Waals surface area contributed by atoms with Crippen LogP contribution in [0, 0.1) is 18.2 Å². The van der Waals surface area contributed by atoms with Crippen molar-refractivity contribution in [1.29, 1.82) is 0 Å². The zero-order chi connectivity index (χ0) is 23.4. The van der Waals surface area contributed by atoms with E-state index in [-0.39, 0.29) is 36.1 Å². The fourth-order valence-electron chi connectivity index (χ4n) is 3.58. The second-order valence-electron chi connectivity index (χ2n) is 7.26. The zero-order valence-electron chi connectivity index (χ0n) is 17.7. The Kier molecular flexibility index (Phi) is 6.66. The number of halogens is 1. The summed E-state index contributed by atoms with van der Waals surface area (Å²) in [5.41, 5.74) is 1.64. The summed E-state index contributed by atoms with van der Waals surface area (Å²) in [6.07, 6.45) is 5.34. The van der Waals surface area contributed by atoms with Gasteiger partial charge in [-0.05, 0) is 35.4 Å². The van der Waals surface area contributed by atoms with Crippen molar-refractivity contribution in [1.82, 2.24) is 9.97 Å². The number of aromatic amines is 1. The van der Waals surface area contributed by atoms with Crippen LogP contribution in [0.5, 0.6) is 11.5 Å². The minimum Gasteiger partial charge on any atom is -0.493 e. The molecule has 0 fully saturated rings. The molecule has 1 aromatic heterocycles. The van der Waals surface area contributed by atoms with E-state index in [0.29, 0.717) is 28.0 Å². The summed E-state index contributed by atoms with van der Waals surface area (Å²) in [5.74, 6) is 2.97. The van der Waals surface area contributed by atoms with E-state index in [2.05, 4.69) is 21.2 Å². The van der Waals surface area contributed by atoms with Gasteiger partial charge in [0.2, 0.25) is 5.91 Å². The van der Waals surface area contributed by atoms with Crippen LogP contribution in [0.3, 0.4) is 0 Å². The van der Waals surface area contributed by atoms with Gasteiger partial charge in [0, 0.05) is 18.1 Å². The molecule has 3 aromatic rings. The monoisotopic (exact) mass is 465 g/mol. The highest BCUT2D eigenvalue weighted by Gasteiger charge is 2.31. The van der Waals surface area contributed by atoms with Gasteiger partial charge in [0.05, 0.1) is 12.7 Å². The lowest BCUT2D eigenvalue weighted by molar-refractivity contribution is -0.116. The molecule has 1 aliphatic rings. The van der Waals surface area contributed by atoms with Gasteiger partial charge in [-0.15, -0.1) is 6.42 Å². The van der Waals surface area contributed by atoms with Crippen molar-refractivity contribution in [2.75, 3.05) is 19.0 Å². The third kappa shape index (κ3) is 5.02. The molecule has 168 valence electrons. The topological polar surface area (TPSA) is 93.3 Å². The van der Waals surface area contributed by atoms with E-state index in [1.807, 2.05) is 0 Å². The van der Waals surface area contributed by atoms with E-state index >= 15 is 0 Å². The molecule has 0 radical (unpaired) electrons. The number of anilines is 1. The van der Waals surface area contributed by atoms with E-state index in [1.54, 1.807) is 30.3 Å². The molecule has 1 amide bonds. The first kappa shape index (κ1) is 22.4. The van der Waals surface area contributed by atoms with Gasteiger partial charge in [0.1, 0.15) is 18.2 Å². The number of ether oxygens (including phenoxy) is 2. The van der Waals surface area contributed by atoms with Crippen molar-refractivity contribution < 1.29 is 18.7 Å². The number of methoxy groups -OCH3 is 1. The van der Waals surface area contributed by atoms with Crippen molar-refractivity contribution in [2.24, 2.45) is 0 Å². The maximum Gasteiger partial charge on any atom is 0.257 e. The maximum absolute atomic E-state index is 13.1. The highest BCUT2D eigenvalue weighted by atomic mass is 32.2. The van der Waals surface area contributed by atoms with Crippen LogP contribution in [-0.2, 0) is 10.5 Å². The third-order valence-electron chi connectivity index (χ3n) is 5.12. The van der Waals surface area contributed by atoms with Crippen LogP contribution in [-0.4, -0.2) is 29.6 Å². The van der Waals surface area contributed by atoms with Gasteiger partial charge in [0.25, 0.3) is 5.56 Å². The van der Waals surface area contributed by atoms with Crippen LogP contribution < -0.4 is 20.3 Å². The average molecular weight is 466 g/mol. The number of rotatable bonds is 7. The van der Waals surface area contributed by atoms with Crippen LogP contribution in [0.25, 0.3) is 0 Å². The number of fused-ring (bicyclic) bond motifs is 1. The van der Waals surface area contributed by atoms with E-state index in [1.165, 1.54) is 31.0 Å². The molecule has 1 aliphatic heterocycles. The first-order chi connectivity index (χ1) is 16.0. The molecule has 0 spiro atoms. The Morgan fingerprint density at radius 2 is 2.00 bits per heavy atom. The number of hydrogen-bond acceptors (Lipinski definition) is 6. The molecule has 2 heterocycles. The molecule has 2 aromatic carbocycles. The van der Waals surface area contributed by atoms with Crippen LogP contribution in [0.4, 0.5) is 10.2 Å². The number of benzene rings is 2. The minimum absolute atomic E-state index is 0.0896. The smallest absolute Gasteiger partial charge is 0.257 e. The van der Waals surface area contributed by atoms with E-state index in [0.717, 1.165) is 11.1 Å². The van der Waals surface area contributed by atoms with E-state index in [9.17, 15) is 14.0 Å². The Labute approximate surface area is 193 Å². The molecule has 1 atom stereocenters. The summed E-state index contributed by atoms with van der Waals surface area (Å²) in [6, 6.07) is 11.3. The summed E-state index contributed by atoms with van der Waals surface area (Å²) < 4.78 is 24.0. The van der Waals surface area contributed by atoms with Gasteiger partial charge in [-0.25, -0.2) is 9.37 Å². The number of aromatic nitrogens is 2. The van der Waals surface area contributed by atoms with E-state index in [4.69, 9.17) is 15.9 Å². The molecule has 2 N–H and O–H groups in total. The second kappa shape index (κ2) is 9.79. The molecule has 0 bridgehead atoms. The Hall–Kier alpha value is -3.77. The fourth-order valence-corrected chi connectivity index (χ4v) is 4.39. The van der Waals surface area contributed by atoms with Gasteiger partial charge in [0.15, 0.2) is 16.7 Å². The summed E-state index contributed by atoms with van der Waals surface area (Å²) in [5, 5.41) is 3.06. The lowest BCUT2D eigenvalue weighted by Gasteiger charge is -2.25. The van der Waals surface area contributed by atoms with Crippen LogP contribution in [0.1, 0.15) is 29.0 Å². The number of nitrogens with one attached hydrogen (secondary N) is 2. The zero-order valence-corrected chi connectivity index (χ0v) is 18.5. The minimum atomic E-state index is -0.503. The molecule has 0 aliphatic carbocycles. The van der Waals surface area contributed by atoms with Crippen molar-refractivity contribution in [3.8, 4) is 23.8 Å². The molecule has 7 nitrogen and oxygen atoms in total. The van der Waals surface area contributed by atoms with Crippen molar-refractivity contribution in [2.45, 2.75) is 23.2 Å². The standard InChI is InChI=1S/C24H20FN3O4S/c1-3-10-32-18-9-6-15(11-19(18)31-2)17-12-20(29)26-22-21(17)23(30)28-24(27-22)33-13-14-4-7-16(25)8-5-14/h1,4-9,11,17H,10,12-13H2,2H3,(H2,26,27,28,29,30)/t17-/m0/s1. The summed E-state index contributed by atoms with van der Waals surface area (Å²) >= 11 is 1.29. The van der Waals surface area contributed by atoms with Crippen molar-refractivity contribution in [3.05, 3.63) is 75.3 Å². The van der Waals surface area contributed by atoms with Gasteiger partial charge in [-0.1, -0.05) is 35.9 Å². The largest absolute Gasteiger partial charge is 0.493 e. The quantitative estimate of drug-likeness (QED) is 0.314. The Morgan fingerprint density at radius 1 is 1.21 bits per heavy atom. The predicted octanol–water partition coefficient (Wildman–Crippen LogP) is 3.70. The molecule has 33 heavy (non-hydrogen) atoms.